The fourth-order valence-electron chi connectivity index (χ4n) is 3.75. The van der Waals surface area contributed by atoms with Gasteiger partial charge in [-0.3, -0.25) is 14.7 Å². The molecule has 0 saturated carbocycles. The Morgan fingerprint density at radius 3 is 2.67 bits per heavy atom. The van der Waals surface area contributed by atoms with E-state index in [1.54, 1.807) is 0 Å². The summed E-state index contributed by atoms with van der Waals surface area (Å²) in [5.74, 6) is 0.00401. The number of likely N-dealkylation sites (N-methyl/N-ethyl adjacent to an activating group) is 1. The van der Waals surface area contributed by atoms with Crippen LogP contribution in [0, 0.1) is 6.92 Å². The minimum absolute atomic E-state index is 0.00401. The maximum absolute atomic E-state index is 12.9. The van der Waals surface area contributed by atoms with E-state index in [9.17, 15) is 4.79 Å². The molecule has 1 saturated heterocycles. The zero-order valence-corrected chi connectivity index (χ0v) is 17.1. The first kappa shape index (κ1) is 19.8. The number of pyridine rings is 1. The topological polar surface area (TPSA) is 48.5 Å². The van der Waals surface area contributed by atoms with E-state index < -0.39 is 0 Å². The van der Waals surface area contributed by atoms with E-state index in [4.69, 9.17) is 0 Å². The maximum Gasteiger partial charge on any atom is 0.252 e. The summed E-state index contributed by atoms with van der Waals surface area (Å²) in [7, 11) is 2.17. The van der Waals surface area contributed by atoms with Crippen LogP contribution in [0.2, 0.25) is 0 Å². The number of amides is 1. The predicted molar refractivity (Wildman–Crippen MR) is 111 cm³/mol. The molecule has 1 atom stereocenters. The molecule has 0 bridgehead atoms. The zero-order valence-electron chi connectivity index (χ0n) is 17.1. The van der Waals surface area contributed by atoms with Crippen LogP contribution >= 0.6 is 0 Å². The van der Waals surface area contributed by atoms with Gasteiger partial charge in [0, 0.05) is 49.8 Å². The van der Waals surface area contributed by atoms with Crippen LogP contribution in [0.15, 0.2) is 24.3 Å². The zero-order chi connectivity index (χ0) is 19.4. The summed E-state index contributed by atoms with van der Waals surface area (Å²) in [6, 6.07) is 8.60. The highest BCUT2D eigenvalue weighted by molar-refractivity contribution is 6.06. The van der Waals surface area contributed by atoms with Gasteiger partial charge in [-0.05, 0) is 57.5 Å². The van der Waals surface area contributed by atoms with Gasteiger partial charge in [-0.2, -0.15) is 0 Å². The fraction of sp³-hybridized carbons (Fsp3) is 0.545. The first-order valence-electron chi connectivity index (χ1n) is 10.1. The first-order chi connectivity index (χ1) is 13.0. The van der Waals surface area contributed by atoms with Gasteiger partial charge in [-0.25, -0.2) is 0 Å². The summed E-state index contributed by atoms with van der Waals surface area (Å²) in [5, 5.41) is 4.08. The predicted octanol–water partition coefficient (Wildman–Crippen LogP) is 2.86. The number of nitrogens with one attached hydrogen (secondary N) is 1. The van der Waals surface area contributed by atoms with Gasteiger partial charge < -0.3 is 10.2 Å². The molecule has 1 aliphatic rings. The number of piperazine rings is 1. The monoisotopic (exact) mass is 368 g/mol. The molecule has 1 aromatic carbocycles. The second-order valence-electron chi connectivity index (χ2n) is 7.75. The van der Waals surface area contributed by atoms with Crippen molar-refractivity contribution in [1.82, 2.24) is 20.1 Å². The lowest BCUT2D eigenvalue weighted by atomic mass is 10.0. The second kappa shape index (κ2) is 8.81. The summed E-state index contributed by atoms with van der Waals surface area (Å²) >= 11 is 0. The third-order valence-electron chi connectivity index (χ3n) is 5.66. The molecule has 1 N–H and O–H groups in total. The molecule has 2 aromatic rings. The number of hydrogen-bond acceptors (Lipinski definition) is 4. The van der Waals surface area contributed by atoms with Crippen LogP contribution in [-0.2, 0) is 6.42 Å². The van der Waals surface area contributed by atoms with Crippen LogP contribution in [0.1, 0.15) is 41.9 Å². The third-order valence-corrected chi connectivity index (χ3v) is 5.66. The Kier molecular flexibility index (Phi) is 6.45. The summed E-state index contributed by atoms with van der Waals surface area (Å²) in [4.78, 5) is 22.3. The Labute approximate surface area is 162 Å². The van der Waals surface area contributed by atoms with E-state index in [1.165, 1.54) is 5.56 Å². The number of hydrogen-bond donors (Lipinski definition) is 1. The smallest absolute Gasteiger partial charge is 0.252 e. The Balaban J connectivity index is 1.64. The SMILES string of the molecule is CCc1ccc2nc(C)cc(C(=O)NCC[C@H](C)N3CCN(C)CC3)c2c1. The molecule has 5 heteroatoms. The average molecular weight is 369 g/mol. The molecule has 27 heavy (non-hydrogen) atoms. The van der Waals surface area contributed by atoms with Gasteiger partial charge in [0.25, 0.3) is 5.91 Å². The lowest BCUT2D eigenvalue weighted by molar-refractivity contribution is 0.0936. The molecule has 0 aliphatic carbocycles. The summed E-state index contributed by atoms with van der Waals surface area (Å²) in [5.41, 5.74) is 3.73. The molecule has 3 rings (SSSR count). The molecule has 5 nitrogen and oxygen atoms in total. The standard InChI is InChI=1S/C22H32N4O/c1-5-18-6-7-21-19(15-18)20(14-16(2)24-21)22(27)23-9-8-17(3)26-12-10-25(4)11-13-26/h6-7,14-15,17H,5,8-13H2,1-4H3,(H,23,27)/t17-/m0/s1. The number of carbonyl (C=O) groups is 1. The first-order valence-corrected chi connectivity index (χ1v) is 10.1. The van der Waals surface area contributed by atoms with E-state index in [2.05, 4.69) is 53.1 Å². The van der Waals surface area contributed by atoms with Crippen molar-refractivity contribution in [3.8, 4) is 0 Å². The molecule has 1 amide bonds. The van der Waals surface area contributed by atoms with Crippen molar-refractivity contribution in [2.24, 2.45) is 0 Å². The van der Waals surface area contributed by atoms with Gasteiger partial charge in [-0.1, -0.05) is 13.0 Å². The molecular weight excluding hydrogens is 336 g/mol. The fourth-order valence-corrected chi connectivity index (χ4v) is 3.75. The highest BCUT2D eigenvalue weighted by Gasteiger charge is 2.19. The van der Waals surface area contributed by atoms with Crippen LogP contribution in [0.4, 0.5) is 0 Å². The maximum atomic E-state index is 12.9. The van der Waals surface area contributed by atoms with E-state index >= 15 is 0 Å². The Morgan fingerprint density at radius 1 is 1.22 bits per heavy atom. The third kappa shape index (κ3) is 4.85. The second-order valence-corrected chi connectivity index (χ2v) is 7.75. The molecule has 0 spiro atoms. The van der Waals surface area contributed by atoms with Crippen molar-refractivity contribution < 1.29 is 4.79 Å². The normalized spacial score (nSPS) is 17.2. The van der Waals surface area contributed by atoms with Crippen LogP contribution < -0.4 is 5.32 Å². The molecule has 1 fully saturated rings. The van der Waals surface area contributed by atoms with Crippen LogP contribution in [-0.4, -0.2) is 66.5 Å². The number of aromatic nitrogens is 1. The van der Waals surface area contributed by atoms with E-state index in [-0.39, 0.29) is 5.91 Å². The van der Waals surface area contributed by atoms with E-state index in [0.717, 1.165) is 61.2 Å². The molecule has 0 unspecified atom stereocenters. The molecule has 2 heterocycles. The number of benzene rings is 1. The molecular formula is C22H32N4O. The van der Waals surface area contributed by atoms with E-state index in [1.807, 2.05) is 19.1 Å². The average Bonchev–Trinajstić information content (AvgIpc) is 2.67. The molecule has 0 radical (unpaired) electrons. The number of aryl methyl sites for hydroxylation is 2. The molecule has 1 aliphatic heterocycles. The number of nitrogens with zero attached hydrogens (tertiary/aromatic N) is 3. The van der Waals surface area contributed by atoms with Gasteiger partial charge in [0.15, 0.2) is 0 Å². The van der Waals surface area contributed by atoms with Gasteiger partial charge in [0.2, 0.25) is 0 Å². The van der Waals surface area contributed by atoms with Gasteiger partial charge >= 0.3 is 0 Å². The Morgan fingerprint density at radius 2 is 1.96 bits per heavy atom. The van der Waals surface area contributed by atoms with Crippen molar-refractivity contribution in [1.29, 1.82) is 0 Å². The van der Waals surface area contributed by atoms with Crippen LogP contribution in [0.5, 0.6) is 0 Å². The lowest BCUT2D eigenvalue weighted by Crippen LogP contribution is -2.48. The Hall–Kier alpha value is -1.98. The summed E-state index contributed by atoms with van der Waals surface area (Å²) in [6.45, 7) is 11.5. The van der Waals surface area contributed by atoms with Crippen molar-refractivity contribution in [2.45, 2.75) is 39.7 Å². The number of rotatable bonds is 6. The minimum Gasteiger partial charge on any atom is -0.352 e. The van der Waals surface area contributed by atoms with E-state index in [0.29, 0.717) is 12.6 Å². The van der Waals surface area contributed by atoms with Crippen molar-refractivity contribution >= 4 is 16.8 Å². The van der Waals surface area contributed by atoms with Crippen LogP contribution in [0.3, 0.4) is 0 Å². The highest BCUT2D eigenvalue weighted by Crippen LogP contribution is 2.20. The van der Waals surface area contributed by atoms with Gasteiger partial charge in [0.05, 0.1) is 11.1 Å². The Bertz CT molecular complexity index is 796. The largest absolute Gasteiger partial charge is 0.352 e. The highest BCUT2D eigenvalue weighted by atomic mass is 16.1. The molecule has 146 valence electrons. The van der Waals surface area contributed by atoms with Gasteiger partial charge in [0.1, 0.15) is 0 Å². The molecule has 1 aromatic heterocycles. The minimum atomic E-state index is 0.00401. The number of fused-ring (bicyclic) bond motifs is 1. The van der Waals surface area contributed by atoms with Crippen molar-refractivity contribution in [3.05, 3.63) is 41.1 Å². The van der Waals surface area contributed by atoms with Crippen molar-refractivity contribution in [2.75, 3.05) is 39.8 Å². The van der Waals surface area contributed by atoms with Crippen molar-refractivity contribution in [3.63, 3.8) is 0 Å². The lowest BCUT2D eigenvalue weighted by Gasteiger charge is -2.36. The van der Waals surface area contributed by atoms with Crippen LogP contribution in [0.25, 0.3) is 10.9 Å². The number of carbonyl (C=O) groups excluding carboxylic acids is 1. The summed E-state index contributed by atoms with van der Waals surface area (Å²) in [6.07, 6.45) is 1.92. The summed E-state index contributed by atoms with van der Waals surface area (Å²) < 4.78 is 0. The quantitative estimate of drug-likeness (QED) is 0.852. The van der Waals surface area contributed by atoms with Gasteiger partial charge in [-0.15, -0.1) is 0 Å².